The lowest BCUT2D eigenvalue weighted by Crippen LogP contribution is -2.56. The minimum atomic E-state index is 0.133. The molecule has 0 aromatic carbocycles. The van der Waals surface area contributed by atoms with Crippen LogP contribution in [0.1, 0.15) is 65.4 Å². The molecule has 1 aromatic heterocycles. The zero-order valence-corrected chi connectivity index (χ0v) is 17.8. The van der Waals surface area contributed by atoms with Crippen molar-refractivity contribution < 1.29 is 4.79 Å². The number of Topliss-reactive ketones (excluding diaryl/α,β-unsaturated/α-hetero) is 1. The first-order valence-corrected chi connectivity index (χ1v) is 11.0. The van der Waals surface area contributed by atoms with Crippen LogP contribution in [-0.4, -0.2) is 51.9 Å². The highest BCUT2D eigenvalue weighted by molar-refractivity contribution is 5.84. The van der Waals surface area contributed by atoms with E-state index in [1.807, 2.05) is 26.2 Å². The summed E-state index contributed by atoms with van der Waals surface area (Å²) in [4.78, 5) is 26.8. The average Bonchev–Trinajstić information content (AvgIpc) is 2.96. The van der Waals surface area contributed by atoms with E-state index in [9.17, 15) is 4.79 Å². The van der Waals surface area contributed by atoms with Gasteiger partial charge in [0.25, 0.3) is 0 Å². The smallest absolute Gasteiger partial charge is 0.225 e. The van der Waals surface area contributed by atoms with E-state index in [0.29, 0.717) is 23.9 Å². The number of nitrogens with zero attached hydrogens (tertiary/aromatic N) is 4. The topological polar surface area (TPSA) is 49.3 Å². The van der Waals surface area contributed by atoms with Crippen molar-refractivity contribution in [1.82, 2.24) is 14.9 Å². The molecule has 5 nitrogen and oxygen atoms in total. The average molecular weight is 383 g/mol. The van der Waals surface area contributed by atoms with Gasteiger partial charge < -0.3 is 4.90 Å². The minimum absolute atomic E-state index is 0.133. The molecule has 2 unspecified atom stereocenters. The van der Waals surface area contributed by atoms with Crippen LogP contribution in [0.2, 0.25) is 0 Å². The molecule has 3 heterocycles. The molecule has 1 aliphatic carbocycles. The lowest BCUT2D eigenvalue weighted by molar-refractivity contribution is -0.126. The van der Waals surface area contributed by atoms with Gasteiger partial charge in [-0.2, -0.15) is 0 Å². The van der Waals surface area contributed by atoms with Crippen molar-refractivity contribution in [1.29, 1.82) is 0 Å². The molecule has 2 fully saturated rings. The maximum absolute atomic E-state index is 12.2. The number of anilines is 1. The third-order valence-corrected chi connectivity index (χ3v) is 6.86. The van der Waals surface area contributed by atoms with Gasteiger partial charge in [-0.15, -0.1) is 0 Å². The summed E-state index contributed by atoms with van der Waals surface area (Å²) in [6.45, 7) is 10.8. The SMILES string of the molecule is CC(C)C(=O)[C@@H]1CC=C(c2cnc(N3C4CCC3CN(C(C)C)C4)nc2)CC1. The lowest BCUT2D eigenvalue weighted by atomic mass is 9.82. The first kappa shape index (κ1) is 19.6. The molecule has 0 amide bonds. The molecule has 0 radical (unpaired) electrons. The van der Waals surface area contributed by atoms with Gasteiger partial charge in [0.05, 0.1) is 0 Å². The first-order valence-electron chi connectivity index (χ1n) is 11.0. The van der Waals surface area contributed by atoms with Crippen LogP contribution in [0.15, 0.2) is 18.5 Å². The highest BCUT2D eigenvalue weighted by atomic mass is 16.1. The van der Waals surface area contributed by atoms with Crippen LogP contribution in [0, 0.1) is 11.8 Å². The molecule has 2 aliphatic heterocycles. The Hall–Kier alpha value is -1.75. The summed E-state index contributed by atoms with van der Waals surface area (Å²) in [6.07, 6.45) is 11.5. The Bertz CT molecular complexity index is 725. The predicted molar refractivity (Wildman–Crippen MR) is 113 cm³/mol. The summed E-state index contributed by atoms with van der Waals surface area (Å²) in [5.74, 6) is 1.62. The Balaban J connectivity index is 1.43. The highest BCUT2D eigenvalue weighted by Crippen LogP contribution is 2.35. The van der Waals surface area contributed by atoms with Gasteiger partial charge in [0.15, 0.2) is 0 Å². The number of fused-ring (bicyclic) bond motifs is 2. The van der Waals surface area contributed by atoms with Crippen LogP contribution in [-0.2, 0) is 4.79 Å². The molecule has 152 valence electrons. The normalized spacial score (nSPS) is 28.1. The fraction of sp³-hybridized carbons (Fsp3) is 0.696. The van der Waals surface area contributed by atoms with Gasteiger partial charge in [0, 0.05) is 61.0 Å². The molecule has 0 N–H and O–H groups in total. The molecule has 5 heteroatoms. The van der Waals surface area contributed by atoms with Gasteiger partial charge in [0.2, 0.25) is 5.95 Å². The van der Waals surface area contributed by atoms with Crippen molar-refractivity contribution >= 4 is 17.3 Å². The predicted octanol–water partition coefficient (Wildman–Crippen LogP) is 3.95. The third-order valence-electron chi connectivity index (χ3n) is 6.86. The van der Waals surface area contributed by atoms with Gasteiger partial charge in [-0.3, -0.25) is 9.69 Å². The van der Waals surface area contributed by atoms with E-state index >= 15 is 0 Å². The number of likely N-dealkylation sites (tertiary alicyclic amines) is 1. The number of hydrogen-bond donors (Lipinski definition) is 0. The van der Waals surface area contributed by atoms with E-state index in [1.165, 1.54) is 18.4 Å². The summed E-state index contributed by atoms with van der Waals surface area (Å²) in [5.41, 5.74) is 2.42. The molecule has 4 rings (SSSR count). The van der Waals surface area contributed by atoms with E-state index in [2.05, 4.69) is 29.7 Å². The number of rotatable bonds is 5. The fourth-order valence-corrected chi connectivity index (χ4v) is 5.13. The number of allylic oxidation sites excluding steroid dienone is 2. The van der Waals surface area contributed by atoms with Gasteiger partial charge in [0.1, 0.15) is 5.78 Å². The quantitative estimate of drug-likeness (QED) is 0.772. The van der Waals surface area contributed by atoms with Crippen LogP contribution < -0.4 is 4.90 Å². The standard InChI is InChI=1S/C23H34N4O/c1-15(2)22(28)18-7-5-17(6-8-18)19-11-24-23(25-12-19)27-20-9-10-21(27)14-26(13-20)16(3)4/h5,11-12,15-16,18,20-21H,6-10,13-14H2,1-4H3/t18-,20?,21?/m1/s1. The van der Waals surface area contributed by atoms with E-state index in [1.54, 1.807) is 0 Å². The maximum atomic E-state index is 12.2. The lowest BCUT2D eigenvalue weighted by Gasteiger charge is -2.42. The van der Waals surface area contributed by atoms with Crippen molar-refractivity contribution in [2.75, 3.05) is 18.0 Å². The number of hydrogen-bond acceptors (Lipinski definition) is 5. The molecular weight excluding hydrogens is 348 g/mol. The van der Waals surface area contributed by atoms with Crippen LogP contribution in [0.4, 0.5) is 5.95 Å². The molecule has 0 spiro atoms. The van der Waals surface area contributed by atoms with E-state index in [0.717, 1.165) is 43.9 Å². The fourth-order valence-electron chi connectivity index (χ4n) is 5.13. The zero-order chi connectivity index (χ0) is 19.8. The van der Waals surface area contributed by atoms with Crippen LogP contribution in [0.5, 0.6) is 0 Å². The molecule has 28 heavy (non-hydrogen) atoms. The number of carbonyl (C=O) groups excluding carboxylic acids is 1. The summed E-state index contributed by atoms with van der Waals surface area (Å²) < 4.78 is 0. The van der Waals surface area contributed by atoms with Crippen LogP contribution in [0.3, 0.4) is 0 Å². The van der Waals surface area contributed by atoms with Gasteiger partial charge in [-0.05, 0) is 51.5 Å². The molecule has 2 saturated heterocycles. The number of ketones is 1. The molecular formula is C23H34N4O. The minimum Gasteiger partial charge on any atom is -0.332 e. The Morgan fingerprint density at radius 1 is 1.04 bits per heavy atom. The van der Waals surface area contributed by atoms with E-state index in [-0.39, 0.29) is 11.8 Å². The van der Waals surface area contributed by atoms with Crippen molar-refractivity contribution in [3.63, 3.8) is 0 Å². The summed E-state index contributed by atoms with van der Waals surface area (Å²) >= 11 is 0. The van der Waals surface area contributed by atoms with Crippen molar-refractivity contribution in [3.05, 3.63) is 24.0 Å². The number of piperazine rings is 1. The Kier molecular flexibility index (Phi) is 5.55. The number of aromatic nitrogens is 2. The Morgan fingerprint density at radius 2 is 1.68 bits per heavy atom. The van der Waals surface area contributed by atoms with Crippen molar-refractivity contribution in [2.45, 2.75) is 77.9 Å². The molecule has 3 atom stereocenters. The monoisotopic (exact) mass is 382 g/mol. The molecule has 0 saturated carbocycles. The summed E-state index contributed by atoms with van der Waals surface area (Å²) in [7, 11) is 0. The second-order valence-electron chi connectivity index (χ2n) is 9.37. The Labute approximate surface area is 169 Å². The summed E-state index contributed by atoms with van der Waals surface area (Å²) in [6, 6.07) is 1.70. The van der Waals surface area contributed by atoms with Crippen molar-refractivity contribution in [2.24, 2.45) is 11.8 Å². The summed E-state index contributed by atoms with van der Waals surface area (Å²) in [5, 5.41) is 0. The molecule has 1 aromatic rings. The molecule has 3 aliphatic rings. The second-order valence-corrected chi connectivity index (χ2v) is 9.37. The second kappa shape index (κ2) is 7.94. The largest absolute Gasteiger partial charge is 0.332 e. The zero-order valence-electron chi connectivity index (χ0n) is 17.8. The van der Waals surface area contributed by atoms with E-state index < -0.39 is 0 Å². The third kappa shape index (κ3) is 3.73. The highest BCUT2D eigenvalue weighted by Gasteiger charge is 2.41. The van der Waals surface area contributed by atoms with Gasteiger partial charge >= 0.3 is 0 Å². The van der Waals surface area contributed by atoms with Crippen LogP contribution in [0.25, 0.3) is 5.57 Å². The molecule has 2 bridgehead atoms. The van der Waals surface area contributed by atoms with E-state index in [4.69, 9.17) is 9.97 Å². The Morgan fingerprint density at radius 3 is 2.18 bits per heavy atom. The maximum Gasteiger partial charge on any atom is 0.225 e. The number of carbonyl (C=O) groups is 1. The first-order chi connectivity index (χ1) is 13.4. The van der Waals surface area contributed by atoms with Gasteiger partial charge in [-0.1, -0.05) is 19.9 Å². The van der Waals surface area contributed by atoms with Gasteiger partial charge in [-0.25, -0.2) is 9.97 Å². The van der Waals surface area contributed by atoms with Crippen LogP contribution >= 0.6 is 0 Å². The van der Waals surface area contributed by atoms with Crippen molar-refractivity contribution in [3.8, 4) is 0 Å².